The third-order valence-corrected chi connectivity index (χ3v) is 6.25. The lowest BCUT2D eigenvalue weighted by atomic mass is 9.69. The summed E-state index contributed by atoms with van der Waals surface area (Å²) >= 11 is 0. The third kappa shape index (κ3) is 4.58. The van der Waals surface area contributed by atoms with Crippen LogP contribution in [-0.4, -0.2) is 50.1 Å². The molecule has 0 bridgehead atoms. The number of esters is 2. The number of Topliss-reactive ketones (excluding diaryl/α,β-unsaturated/α-hetero) is 1. The molecule has 0 amide bonds. The highest BCUT2D eigenvalue weighted by atomic mass is 16.6. The number of nitrogens with one attached hydrogen (secondary N) is 1. The lowest BCUT2D eigenvalue weighted by Crippen LogP contribution is -2.43. The minimum absolute atomic E-state index is 0.00541. The number of nitro groups is 1. The molecule has 0 aromatic heterocycles. The normalized spacial score (nSPS) is 22.1. The zero-order valence-electron chi connectivity index (χ0n) is 19.8. The van der Waals surface area contributed by atoms with E-state index < -0.39 is 34.5 Å². The molecule has 1 aliphatic heterocycles. The molecule has 1 N–H and O–H groups in total. The van der Waals surface area contributed by atoms with Crippen LogP contribution in [-0.2, 0) is 28.6 Å². The number of dihydropyridines is 1. The van der Waals surface area contributed by atoms with Crippen molar-refractivity contribution in [3.8, 4) is 0 Å². The highest BCUT2D eigenvalue weighted by Crippen LogP contribution is 2.46. The van der Waals surface area contributed by atoms with Crippen LogP contribution in [0.1, 0.15) is 37.3 Å². The van der Waals surface area contributed by atoms with E-state index in [2.05, 4.69) is 5.32 Å². The Balaban J connectivity index is 2.19. The summed E-state index contributed by atoms with van der Waals surface area (Å²) in [5.41, 5.74) is 2.12. The molecule has 1 aromatic carbocycles. The number of carbonyl (C=O) groups is 3. The maximum absolute atomic E-state index is 13.6. The second-order valence-corrected chi connectivity index (χ2v) is 8.47. The first-order valence-corrected chi connectivity index (χ1v) is 10.9. The van der Waals surface area contributed by atoms with Crippen molar-refractivity contribution in [3.05, 3.63) is 62.0 Å². The highest BCUT2D eigenvalue weighted by Gasteiger charge is 2.47. The van der Waals surface area contributed by atoms with Crippen LogP contribution >= 0.6 is 0 Å². The van der Waals surface area contributed by atoms with E-state index in [0.29, 0.717) is 28.9 Å². The number of hydrogen-bond donors (Lipinski definition) is 1. The van der Waals surface area contributed by atoms with Crippen molar-refractivity contribution in [3.63, 3.8) is 0 Å². The van der Waals surface area contributed by atoms with Crippen LogP contribution in [0.3, 0.4) is 0 Å². The number of ketones is 1. The molecule has 10 heteroatoms. The Bertz CT molecular complexity index is 1100. The van der Waals surface area contributed by atoms with Crippen molar-refractivity contribution in [2.75, 3.05) is 27.4 Å². The molecule has 3 rings (SSSR count). The number of nitrogens with zero attached hydrogens (tertiary/aromatic N) is 1. The molecular weight excluding hydrogens is 444 g/mol. The van der Waals surface area contributed by atoms with E-state index in [1.165, 1.54) is 20.3 Å². The zero-order chi connectivity index (χ0) is 25.2. The SMILES string of the molecule is COCCOC(=O)C1=C(C)NC2=C(C(=O)[C@@H](C(=O)OC)[C@@H](C)C2)[C@H]1c1ccc(C)c([N+](=O)[O-])c1. The summed E-state index contributed by atoms with van der Waals surface area (Å²) < 4.78 is 15.2. The topological polar surface area (TPSA) is 134 Å². The van der Waals surface area contributed by atoms with Gasteiger partial charge in [-0.15, -0.1) is 0 Å². The first kappa shape index (κ1) is 25.1. The first-order valence-electron chi connectivity index (χ1n) is 10.9. The summed E-state index contributed by atoms with van der Waals surface area (Å²) in [5, 5.41) is 14.8. The molecule has 3 atom stereocenters. The maximum Gasteiger partial charge on any atom is 0.336 e. The Kier molecular flexibility index (Phi) is 7.51. The molecule has 10 nitrogen and oxygen atoms in total. The monoisotopic (exact) mass is 472 g/mol. The van der Waals surface area contributed by atoms with Gasteiger partial charge in [0.25, 0.3) is 5.69 Å². The van der Waals surface area contributed by atoms with E-state index in [1.54, 1.807) is 32.9 Å². The van der Waals surface area contributed by atoms with Gasteiger partial charge >= 0.3 is 11.9 Å². The minimum atomic E-state index is -1.04. The molecule has 0 saturated heterocycles. The number of rotatable bonds is 7. The second kappa shape index (κ2) is 10.2. The minimum Gasteiger partial charge on any atom is -0.468 e. The van der Waals surface area contributed by atoms with Gasteiger partial charge in [0.05, 0.1) is 24.2 Å². The van der Waals surface area contributed by atoms with Crippen molar-refractivity contribution in [2.45, 2.75) is 33.1 Å². The molecule has 2 aliphatic rings. The van der Waals surface area contributed by atoms with Crippen LogP contribution in [0.5, 0.6) is 0 Å². The second-order valence-electron chi connectivity index (χ2n) is 8.47. The summed E-state index contributed by atoms with van der Waals surface area (Å²) in [5.74, 6) is -4.13. The van der Waals surface area contributed by atoms with Gasteiger partial charge in [-0.25, -0.2) is 4.79 Å². The molecule has 1 aromatic rings. The standard InChI is InChI=1S/C24H28N2O8/c1-12-6-7-15(11-17(12)26(30)31)20-19(24(29)34-9-8-32-4)14(3)25-16-10-13(2)18(23(28)33-5)22(27)21(16)20/h6-7,11,13,18,20,25H,8-10H2,1-5H3/t13-,18-,20-/m0/s1. The number of hydrogen-bond acceptors (Lipinski definition) is 9. The molecule has 1 aliphatic carbocycles. The smallest absolute Gasteiger partial charge is 0.336 e. The van der Waals surface area contributed by atoms with E-state index >= 15 is 0 Å². The van der Waals surface area contributed by atoms with Gasteiger partial charge in [0.1, 0.15) is 12.5 Å². The van der Waals surface area contributed by atoms with Crippen LogP contribution in [0.15, 0.2) is 40.7 Å². The maximum atomic E-state index is 13.6. The highest BCUT2D eigenvalue weighted by molar-refractivity contribution is 6.12. The Morgan fingerprint density at radius 2 is 1.91 bits per heavy atom. The van der Waals surface area contributed by atoms with Crippen LogP contribution in [0.25, 0.3) is 0 Å². The van der Waals surface area contributed by atoms with Crippen LogP contribution in [0, 0.1) is 28.9 Å². The number of carbonyl (C=O) groups excluding carboxylic acids is 3. The number of aryl methyl sites for hydroxylation is 1. The van der Waals surface area contributed by atoms with Crippen molar-refractivity contribution in [2.24, 2.45) is 11.8 Å². The number of benzene rings is 1. The van der Waals surface area contributed by atoms with E-state index in [0.717, 1.165) is 0 Å². The fourth-order valence-corrected chi connectivity index (χ4v) is 4.58. The summed E-state index contributed by atoms with van der Waals surface area (Å²) in [6.07, 6.45) is 0.370. The van der Waals surface area contributed by atoms with E-state index in [1.807, 2.05) is 0 Å². The predicted octanol–water partition coefficient (Wildman–Crippen LogP) is 2.71. The van der Waals surface area contributed by atoms with Gasteiger partial charge in [0.15, 0.2) is 5.78 Å². The molecular formula is C24H28N2O8. The van der Waals surface area contributed by atoms with Gasteiger partial charge in [-0.1, -0.05) is 19.1 Å². The Labute approximate surface area is 197 Å². The van der Waals surface area contributed by atoms with Crippen molar-refractivity contribution in [1.29, 1.82) is 0 Å². The average molecular weight is 472 g/mol. The summed E-state index contributed by atoms with van der Waals surface area (Å²) in [4.78, 5) is 50.3. The predicted molar refractivity (Wildman–Crippen MR) is 121 cm³/mol. The number of methoxy groups -OCH3 is 2. The van der Waals surface area contributed by atoms with Gasteiger partial charge in [0, 0.05) is 41.6 Å². The summed E-state index contributed by atoms with van der Waals surface area (Å²) in [6.45, 7) is 5.25. The molecule has 182 valence electrons. The van der Waals surface area contributed by atoms with Crippen molar-refractivity contribution in [1.82, 2.24) is 5.32 Å². The Morgan fingerprint density at radius 1 is 1.21 bits per heavy atom. The fourth-order valence-electron chi connectivity index (χ4n) is 4.58. The number of allylic oxidation sites excluding steroid dienone is 3. The number of nitro benzene ring substituents is 1. The quantitative estimate of drug-likeness (QED) is 0.209. The fraction of sp³-hybridized carbons (Fsp3) is 0.458. The van der Waals surface area contributed by atoms with Gasteiger partial charge < -0.3 is 19.5 Å². The molecule has 0 fully saturated rings. The lowest BCUT2D eigenvalue weighted by Gasteiger charge is -2.38. The third-order valence-electron chi connectivity index (χ3n) is 6.25. The van der Waals surface area contributed by atoms with Gasteiger partial charge in [0.2, 0.25) is 0 Å². The van der Waals surface area contributed by atoms with Gasteiger partial charge in [-0.05, 0) is 31.7 Å². The molecule has 34 heavy (non-hydrogen) atoms. The average Bonchev–Trinajstić information content (AvgIpc) is 2.78. The molecule has 0 spiro atoms. The first-order chi connectivity index (χ1) is 16.1. The summed E-state index contributed by atoms with van der Waals surface area (Å²) in [7, 11) is 2.69. The van der Waals surface area contributed by atoms with Gasteiger partial charge in [-0.2, -0.15) is 0 Å². The van der Waals surface area contributed by atoms with Crippen molar-refractivity contribution < 1.29 is 33.5 Å². The Hall–Kier alpha value is -3.53. The number of ether oxygens (including phenoxy) is 3. The van der Waals surface area contributed by atoms with E-state index in [-0.39, 0.29) is 36.0 Å². The zero-order valence-corrected chi connectivity index (χ0v) is 19.8. The van der Waals surface area contributed by atoms with Crippen LogP contribution in [0.4, 0.5) is 5.69 Å². The van der Waals surface area contributed by atoms with Crippen LogP contribution < -0.4 is 5.32 Å². The molecule has 1 heterocycles. The summed E-state index contributed by atoms with van der Waals surface area (Å²) in [6, 6.07) is 4.59. The molecule has 0 radical (unpaired) electrons. The molecule has 0 unspecified atom stereocenters. The van der Waals surface area contributed by atoms with E-state index in [4.69, 9.17) is 14.2 Å². The largest absolute Gasteiger partial charge is 0.468 e. The van der Waals surface area contributed by atoms with Gasteiger partial charge in [-0.3, -0.25) is 19.7 Å². The van der Waals surface area contributed by atoms with Crippen LogP contribution in [0.2, 0.25) is 0 Å². The lowest BCUT2D eigenvalue weighted by molar-refractivity contribution is -0.385. The Morgan fingerprint density at radius 3 is 2.53 bits per heavy atom. The van der Waals surface area contributed by atoms with Crippen molar-refractivity contribution >= 4 is 23.4 Å². The molecule has 0 saturated carbocycles. The van der Waals surface area contributed by atoms with E-state index in [9.17, 15) is 24.5 Å².